The summed E-state index contributed by atoms with van der Waals surface area (Å²) < 4.78 is 5.39. The predicted molar refractivity (Wildman–Crippen MR) is 57.6 cm³/mol. The first-order valence-electron chi connectivity index (χ1n) is 5.06. The Hall–Kier alpha value is -1.02. The summed E-state index contributed by atoms with van der Waals surface area (Å²) in [5.41, 5.74) is 8.59. The Morgan fingerprint density at radius 1 is 1.43 bits per heavy atom. The van der Waals surface area contributed by atoms with Crippen LogP contribution in [0, 0.1) is 6.92 Å². The quantitative estimate of drug-likeness (QED) is 0.793. The van der Waals surface area contributed by atoms with Crippen molar-refractivity contribution in [2.45, 2.75) is 31.7 Å². The van der Waals surface area contributed by atoms with E-state index in [1.807, 2.05) is 0 Å². The minimum atomic E-state index is 0.0566. The topological polar surface area (TPSA) is 35.2 Å². The van der Waals surface area contributed by atoms with Crippen molar-refractivity contribution in [1.29, 1.82) is 0 Å². The Labute approximate surface area is 85.1 Å². The maximum atomic E-state index is 6.10. The largest absolute Gasteiger partial charge is 0.496 e. The van der Waals surface area contributed by atoms with Crippen molar-refractivity contribution in [2.24, 2.45) is 5.73 Å². The van der Waals surface area contributed by atoms with Gasteiger partial charge in [-0.15, -0.1) is 0 Å². The molecule has 0 radical (unpaired) electrons. The lowest BCUT2D eigenvalue weighted by Crippen LogP contribution is -2.24. The number of rotatable bonds is 3. The molecule has 1 fully saturated rings. The van der Waals surface area contributed by atoms with Crippen LogP contribution in [0.15, 0.2) is 18.2 Å². The van der Waals surface area contributed by atoms with Gasteiger partial charge in [-0.25, -0.2) is 0 Å². The van der Waals surface area contributed by atoms with Crippen molar-refractivity contribution in [3.05, 3.63) is 29.3 Å². The Morgan fingerprint density at radius 2 is 2.14 bits per heavy atom. The SMILES string of the molecule is COc1c(C)cccc1CC1(N)CC1. The highest BCUT2D eigenvalue weighted by Gasteiger charge is 2.38. The van der Waals surface area contributed by atoms with Crippen LogP contribution in [-0.2, 0) is 6.42 Å². The number of para-hydroxylation sites is 1. The fraction of sp³-hybridized carbons (Fsp3) is 0.500. The third kappa shape index (κ3) is 1.75. The Kier molecular flexibility index (Phi) is 2.23. The van der Waals surface area contributed by atoms with E-state index in [1.165, 1.54) is 11.1 Å². The minimum absolute atomic E-state index is 0.0566. The zero-order chi connectivity index (χ0) is 10.2. The fourth-order valence-corrected chi connectivity index (χ4v) is 1.86. The molecule has 0 unspecified atom stereocenters. The van der Waals surface area contributed by atoms with Crippen LogP contribution in [0.3, 0.4) is 0 Å². The van der Waals surface area contributed by atoms with Crippen LogP contribution in [0.25, 0.3) is 0 Å². The van der Waals surface area contributed by atoms with E-state index in [4.69, 9.17) is 10.5 Å². The van der Waals surface area contributed by atoms with E-state index >= 15 is 0 Å². The first kappa shape index (κ1) is 9.53. The van der Waals surface area contributed by atoms with Gasteiger partial charge >= 0.3 is 0 Å². The summed E-state index contributed by atoms with van der Waals surface area (Å²) in [5.74, 6) is 1.00. The van der Waals surface area contributed by atoms with Crippen molar-refractivity contribution in [3.63, 3.8) is 0 Å². The molecule has 0 aromatic heterocycles. The van der Waals surface area contributed by atoms with E-state index in [-0.39, 0.29) is 5.54 Å². The second-order valence-electron chi connectivity index (χ2n) is 4.31. The van der Waals surface area contributed by atoms with Gasteiger partial charge in [0.2, 0.25) is 0 Å². The van der Waals surface area contributed by atoms with E-state index in [0.717, 1.165) is 25.0 Å². The lowest BCUT2D eigenvalue weighted by molar-refractivity contribution is 0.404. The molecule has 2 rings (SSSR count). The van der Waals surface area contributed by atoms with Crippen LogP contribution < -0.4 is 10.5 Å². The summed E-state index contributed by atoms with van der Waals surface area (Å²) in [4.78, 5) is 0. The van der Waals surface area contributed by atoms with Gasteiger partial charge in [-0.3, -0.25) is 0 Å². The van der Waals surface area contributed by atoms with Gasteiger partial charge in [-0.2, -0.15) is 0 Å². The van der Waals surface area contributed by atoms with E-state index in [9.17, 15) is 0 Å². The number of benzene rings is 1. The Bertz CT molecular complexity index is 342. The Morgan fingerprint density at radius 3 is 2.71 bits per heavy atom. The van der Waals surface area contributed by atoms with Crippen molar-refractivity contribution < 1.29 is 4.74 Å². The van der Waals surface area contributed by atoms with Gasteiger partial charge in [0, 0.05) is 5.54 Å². The van der Waals surface area contributed by atoms with Gasteiger partial charge in [-0.1, -0.05) is 18.2 Å². The van der Waals surface area contributed by atoms with Crippen molar-refractivity contribution >= 4 is 0 Å². The van der Waals surface area contributed by atoms with Crippen LogP contribution in [0.2, 0.25) is 0 Å². The second-order valence-corrected chi connectivity index (χ2v) is 4.31. The van der Waals surface area contributed by atoms with Gasteiger partial charge < -0.3 is 10.5 Å². The maximum Gasteiger partial charge on any atom is 0.125 e. The van der Waals surface area contributed by atoms with Crippen LogP contribution in [0.1, 0.15) is 24.0 Å². The third-order valence-corrected chi connectivity index (χ3v) is 2.93. The smallest absolute Gasteiger partial charge is 0.125 e. The van der Waals surface area contributed by atoms with E-state index in [0.29, 0.717) is 0 Å². The summed E-state index contributed by atoms with van der Waals surface area (Å²) >= 11 is 0. The molecule has 2 nitrogen and oxygen atoms in total. The standard InChI is InChI=1S/C12H17NO/c1-9-4-3-5-10(11(9)14-2)8-12(13)6-7-12/h3-5H,6-8,13H2,1-2H3. The molecule has 2 N–H and O–H groups in total. The molecular formula is C12H17NO. The summed E-state index contributed by atoms with van der Waals surface area (Å²) in [6.45, 7) is 2.07. The molecule has 0 spiro atoms. The lowest BCUT2D eigenvalue weighted by atomic mass is 10.0. The Balaban J connectivity index is 2.27. The monoisotopic (exact) mass is 191 g/mol. The highest BCUT2D eigenvalue weighted by atomic mass is 16.5. The highest BCUT2D eigenvalue weighted by Crippen LogP contribution is 2.38. The van der Waals surface area contributed by atoms with Gasteiger partial charge in [-0.05, 0) is 37.3 Å². The average Bonchev–Trinajstić information content (AvgIpc) is 2.84. The zero-order valence-electron chi connectivity index (χ0n) is 8.84. The van der Waals surface area contributed by atoms with Crippen molar-refractivity contribution in [3.8, 4) is 5.75 Å². The second kappa shape index (κ2) is 3.28. The molecule has 1 aromatic carbocycles. The van der Waals surface area contributed by atoms with Crippen LogP contribution in [-0.4, -0.2) is 12.6 Å². The number of methoxy groups -OCH3 is 1. The molecule has 0 heterocycles. The van der Waals surface area contributed by atoms with Gasteiger partial charge in [0.15, 0.2) is 0 Å². The molecule has 14 heavy (non-hydrogen) atoms. The third-order valence-electron chi connectivity index (χ3n) is 2.93. The number of nitrogens with two attached hydrogens (primary N) is 1. The van der Waals surface area contributed by atoms with Crippen molar-refractivity contribution in [2.75, 3.05) is 7.11 Å². The first-order chi connectivity index (χ1) is 6.64. The van der Waals surface area contributed by atoms with Crippen LogP contribution in [0.4, 0.5) is 0 Å². The highest BCUT2D eigenvalue weighted by molar-refractivity contribution is 5.42. The normalized spacial score (nSPS) is 17.9. The molecule has 0 saturated heterocycles. The minimum Gasteiger partial charge on any atom is -0.496 e. The van der Waals surface area contributed by atoms with Gasteiger partial charge in [0.05, 0.1) is 7.11 Å². The molecule has 0 amide bonds. The molecule has 1 aromatic rings. The van der Waals surface area contributed by atoms with Crippen LogP contribution >= 0.6 is 0 Å². The molecule has 1 aliphatic rings. The van der Waals surface area contributed by atoms with E-state index in [2.05, 4.69) is 25.1 Å². The molecule has 0 aliphatic heterocycles. The van der Waals surface area contributed by atoms with Gasteiger partial charge in [0.25, 0.3) is 0 Å². The summed E-state index contributed by atoms with van der Waals surface area (Å²) in [5, 5.41) is 0. The molecule has 0 bridgehead atoms. The summed E-state index contributed by atoms with van der Waals surface area (Å²) in [6, 6.07) is 6.25. The number of ether oxygens (including phenoxy) is 1. The van der Waals surface area contributed by atoms with Crippen molar-refractivity contribution in [1.82, 2.24) is 0 Å². The van der Waals surface area contributed by atoms with E-state index in [1.54, 1.807) is 7.11 Å². The molecule has 1 aliphatic carbocycles. The maximum absolute atomic E-state index is 6.10. The number of aryl methyl sites for hydroxylation is 1. The molecular weight excluding hydrogens is 174 g/mol. The summed E-state index contributed by atoms with van der Waals surface area (Å²) in [6.07, 6.45) is 3.23. The first-order valence-corrected chi connectivity index (χ1v) is 5.06. The average molecular weight is 191 g/mol. The molecule has 2 heteroatoms. The summed E-state index contributed by atoms with van der Waals surface area (Å²) in [7, 11) is 1.72. The zero-order valence-corrected chi connectivity index (χ0v) is 8.84. The number of hydrogen-bond donors (Lipinski definition) is 1. The van der Waals surface area contributed by atoms with Gasteiger partial charge in [0.1, 0.15) is 5.75 Å². The molecule has 0 atom stereocenters. The number of hydrogen-bond acceptors (Lipinski definition) is 2. The molecule has 1 saturated carbocycles. The molecule has 76 valence electrons. The predicted octanol–water partition coefficient (Wildman–Crippen LogP) is 2.04. The lowest BCUT2D eigenvalue weighted by Gasteiger charge is -2.14. The van der Waals surface area contributed by atoms with E-state index < -0.39 is 0 Å². The fourth-order valence-electron chi connectivity index (χ4n) is 1.86. The van der Waals surface area contributed by atoms with Crippen LogP contribution in [0.5, 0.6) is 5.75 Å².